The van der Waals surface area contributed by atoms with E-state index in [0.717, 1.165) is 10.4 Å². The second kappa shape index (κ2) is 4.97. The Balaban J connectivity index is 2.48. The number of pyridine rings is 1. The standard InChI is InChI=1S/C12H12N2O5S/c1-8-11(6-10(19-8)12(15)16)20(17,18)14(2)9-4-3-5-13-7-9/h3-7H,1-2H3,(H,15,16). The van der Waals surface area contributed by atoms with E-state index in [4.69, 9.17) is 9.52 Å². The first-order valence-corrected chi connectivity index (χ1v) is 7.00. The lowest BCUT2D eigenvalue weighted by Gasteiger charge is -2.18. The first-order valence-electron chi connectivity index (χ1n) is 5.56. The minimum absolute atomic E-state index is 0.0261. The molecule has 2 rings (SSSR count). The van der Waals surface area contributed by atoms with Crippen molar-refractivity contribution < 1.29 is 22.7 Å². The highest BCUT2D eigenvalue weighted by atomic mass is 32.2. The number of furan rings is 1. The maximum Gasteiger partial charge on any atom is 0.371 e. The number of aromatic nitrogens is 1. The van der Waals surface area contributed by atoms with Crippen LogP contribution in [0, 0.1) is 6.92 Å². The molecule has 0 fully saturated rings. The summed E-state index contributed by atoms with van der Waals surface area (Å²) in [5.74, 6) is -1.71. The Hall–Kier alpha value is -2.35. The largest absolute Gasteiger partial charge is 0.475 e. The van der Waals surface area contributed by atoms with Crippen molar-refractivity contribution in [2.45, 2.75) is 11.8 Å². The Kier molecular flexibility index (Phi) is 3.49. The number of nitrogens with zero attached hydrogens (tertiary/aromatic N) is 2. The summed E-state index contributed by atoms with van der Waals surface area (Å²) >= 11 is 0. The summed E-state index contributed by atoms with van der Waals surface area (Å²) in [6, 6.07) is 4.18. The van der Waals surface area contributed by atoms with Crippen molar-refractivity contribution in [2.24, 2.45) is 0 Å². The number of sulfonamides is 1. The third-order valence-corrected chi connectivity index (χ3v) is 4.62. The van der Waals surface area contributed by atoms with E-state index in [1.807, 2.05) is 0 Å². The zero-order valence-electron chi connectivity index (χ0n) is 10.8. The van der Waals surface area contributed by atoms with Crippen molar-refractivity contribution in [3.63, 3.8) is 0 Å². The van der Waals surface area contributed by atoms with Crippen molar-refractivity contribution >= 4 is 21.7 Å². The molecule has 2 aromatic rings. The molecule has 0 aliphatic carbocycles. The molecule has 0 aliphatic heterocycles. The maximum absolute atomic E-state index is 12.4. The highest BCUT2D eigenvalue weighted by molar-refractivity contribution is 7.92. The fourth-order valence-electron chi connectivity index (χ4n) is 1.65. The van der Waals surface area contributed by atoms with Crippen LogP contribution in [0.4, 0.5) is 5.69 Å². The predicted octanol–water partition coefficient (Wildman–Crippen LogP) is 1.51. The van der Waals surface area contributed by atoms with Crippen LogP contribution in [0.15, 0.2) is 39.9 Å². The Bertz CT molecular complexity index is 736. The summed E-state index contributed by atoms with van der Waals surface area (Å²) in [5.41, 5.74) is 0.366. The first-order chi connectivity index (χ1) is 9.34. The Labute approximate surface area is 115 Å². The molecular weight excluding hydrogens is 284 g/mol. The molecule has 0 spiro atoms. The summed E-state index contributed by atoms with van der Waals surface area (Å²) in [6.45, 7) is 1.40. The van der Waals surface area contributed by atoms with E-state index in [1.165, 1.54) is 26.4 Å². The smallest absolute Gasteiger partial charge is 0.371 e. The van der Waals surface area contributed by atoms with Crippen molar-refractivity contribution in [2.75, 3.05) is 11.4 Å². The van der Waals surface area contributed by atoms with E-state index in [1.54, 1.807) is 12.1 Å². The van der Waals surface area contributed by atoms with Gasteiger partial charge in [0.25, 0.3) is 10.0 Å². The van der Waals surface area contributed by atoms with Gasteiger partial charge in [0.2, 0.25) is 5.76 Å². The van der Waals surface area contributed by atoms with Crippen LogP contribution < -0.4 is 4.31 Å². The predicted molar refractivity (Wildman–Crippen MR) is 70.2 cm³/mol. The monoisotopic (exact) mass is 296 g/mol. The Morgan fingerprint density at radius 1 is 1.45 bits per heavy atom. The van der Waals surface area contributed by atoms with Gasteiger partial charge in [0.1, 0.15) is 10.7 Å². The van der Waals surface area contributed by atoms with Gasteiger partial charge < -0.3 is 9.52 Å². The fraction of sp³-hybridized carbons (Fsp3) is 0.167. The van der Waals surface area contributed by atoms with Gasteiger partial charge in [0.15, 0.2) is 0 Å². The highest BCUT2D eigenvalue weighted by Crippen LogP contribution is 2.26. The molecule has 0 radical (unpaired) electrons. The van der Waals surface area contributed by atoms with E-state index in [0.29, 0.717) is 5.69 Å². The lowest BCUT2D eigenvalue weighted by atomic mass is 10.4. The lowest BCUT2D eigenvalue weighted by Crippen LogP contribution is -2.26. The molecule has 20 heavy (non-hydrogen) atoms. The molecule has 0 unspecified atom stereocenters. The van der Waals surface area contributed by atoms with E-state index < -0.39 is 21.8 Å². The number of carbonyl (C=O) groups is 1. The molecule has 0 saturated heterocycles. The van der Waals surface area contributed by atoms with Crippen LogP contribution in [0.25, 0.3) is 0 Å². The summed E-state index contributed by atoms with van der Waals surface area (Å²) < 4.78 is 30.8. The minimum Gasteiger partial charge on any atom is -0.475 e. The number of aromatic carboxylic acids is 1. The molecule has 0 aliphatic rings. The maximum atomic E-state index is 12.4. The van der Waals surface area contributed by atoms with Gasteiger partial charge in [0, 0.05) is 19.3 Å². The lowest BCUT2D eigenvalue weighted by molar-refractivity contribution is 0.0661. The minimum atomic E-state index is -3.90. The molecule has 7 nitrogen and oxygen atoms in total. The van der Waals surface area contributed by atoms with Gasteiger partial charge >= 0.3 is 5.97 Å². The molecule has 2 heterocycles. The van der Waals surface area contributed by atoms with Crippen LogP contribution in [-0.2, 0) is 10.0 Å². The van der Waals surface area contributed by atoms with E-state index in [2.05, 4.69) is 4.98 Å². The highest BCUT2D eigenvalue weighted by Gasteiger charge is 2.28. The number of hydrogen-bond donors (Lipinski definition) is 1. The second-order valence-electron chi connectivity index (χ2n) is 4.02. The normalized spacial score (nSPS) is 11.3. The van der Waals surface area contributed by atoms with Crippen molar-refractivity contribution in [3.05, 3.63) is 42.1 Å². The van der Waals surface area contributed by atoms with Crippen LogP contribution in [0.3, 0.4) is 0 Å². The summed E-state index contributed by atoms with van der Waals surface area (Å²) in [4.78, 5) is 14.5. The van der Waals surface area contributed by atoms with Gasteiger partial charge in [-0.25, -0.2) is 13.2 Å². The second-order valence-corrected chi connectivity index (χ2v) is 5.96. The molecule has 0 aromatic carbocycles. The van der Waals surface area contributed by atoms with Crippen LogP contribution >= 0.6 is 0 Å². The van der Waals surface area contributed by atoms with Crippen molar-refractivity contribution in [3.8, 4) is 0 Å². The van der Waals surface area contributed by atoms with Gasteiger partial charge in [-0.15, -0.1) is 0 Å². The van der Waals surface area contributed by atoms with Crippen LogP contribution in [0.2, 0.25) is 0 Å². The Morgan fingerprint density at radius 2 is 2.15 bits per heavy atom. The number of rotatable bonds is 4. The van der Waals surface area contributed by atoms with Crippen molar-refractivity contribution in [1.29, 1.82) is 0 Å². The first kappa shape index (κ1) is 14.1. The molecule has 0 amide bonds. The zero-order chi connectivity index (χ0) is 14.9. The SMILES string of the molecule is Cc1oc(C(=O)O)cc1S(=O)(=O)N(C)c1cccnc1. The van der Waals surface area contributed by atoms with Gasteiger partial charge in [-0.1, -0.05) is 0 Å². The topological polar surface area (TPSA) is 101 Å². The molecule has 0 bridgehead atoms. The third-order valence-electron chi connectivity index (χ3n) is 2.73. The van der Waals surface area contributed by atoms with E-state index in [-0.39, 0.29) is 10.7 Å². The van der Waals surface area contributed by atoms with Gasteiger partial charge in [-0.3, -0.25) is 9.29 Å². The van der Waals surface area contributed by atoms with Gasteiger partial charge in [0.05, 0.1) is 11.9 Å². The van der Waals surface area contributed by atoms with E-state index >= 15 is 0 Å². The van der Waals surface area contributed by atoms with Crippen molar-refractivity contribution in [1.82, 2.24) is 4.98 Å². The summed E-state index contributed by atoms with van der Waals surface area (Å²) in [6.07, 6.45) is 2.92. The number of carboxylic acids is 1. The molecule has 1 N–H and O–H groups in total. The number of anilines is 1. The van der Waals surface area contributed by atoms with Crippen LogP contribution in [0.1, 0.15) is 16.3 Å². The number of carboxylic acid groups (broad SMARTS) is 1. The quantitative estimate of drug-likeness (QED) is 0.917. The van der Waals surface area contributed by atoms with Gasteiger partial charge in [-0.05, 0) is 19.1 Å². The fourth-order valence-corrected chi connectivity index (χ4v) is 2.99. The van der Waals surface area contributed by atoms with E-state index in [9.17, 15) is 13.2 Å². The average molecular weight is 296 g/mol. The van der Waals surface area contributed by atoms with Crippen LogP contribution in [0.5, 0.6) is 0 Å². The average Bonchev–Trinajstić information content (AvgIpc) is 2.82. The molecular formula is C12H12N2O5S. The van der Waals surface area contributed by atoms with Crippen LogP contribution in [-0.4, -0.2) is 31.5 Å². The third kappa shape index (κ3) is 2.37. The Morgan fingerprint density at radius 3 is 2.65 bits per heavy atom. The molecule has 0 saturated carbocycles. The molecule has 2 aromatic heterocycles. The van der Waals surface area contributed by atoms with Gasteiger partial charge in [-0.2, -0.15) is 0 Å². The summed E-state index contributed by atoms with van der Waals surface area (Å²) in [7, 11) is -2.54. The number of hydrogen-bond acceptors (Lipinski definition) is 5. The zero-order valence-corrected chi connectivity index (χ0v) is 11.6. The summed E-state index contributed by atoms with van der Waals surface area (Å²) in [5, 5.41) is 8.83. The molecule has 0 atom stereocenters. The molecule has 106 valence electrons. The molecule has 8 heteroatoms. The number of aryl methyl sites for hydroxylation is 1.